The average Bonchev–Trinajstić information content (AvgIpc) is 3.39. The predicted octanol–water partition coefficient (Wildman–Crippen LogP) is 5.56. The zero-order valence-corrected chi connectivity index (χ0v) is 22.6. The molecule has 0 spiro atoms. The molecule has 5 rings (SSSR count). The van der Waals surface area contributed by atoms with Crippen LogP contribution in [0.2, 0.25) is 0 Å². The van der Waals surface area contributed by atoms with Gasteiger partial charge in [-0.3, -0.25) is 9.79 Å². The van der Waals surface area contributed by atoms with Gasteiger partial charge in [0.15, 0.2) is 0 Å². The summed E-state index contributed by atoms with van der Waals surface area (Å²) in [6.45, 7) is 12.4. The van der Waals surface area contributed by atoms with Gasteiger partial charge in [0.25, 0.3) is 0 Å². The molecule has 0 radical (unpaired) electrons. The summed E-state index contributed by atoms with van der Waals surface area (Å²) < 4.78 is 13.2. The quantitative estimate of drug-likeness (QED) is 0.339. The number of hydrogen-bond acceptors (Lipinski definition) is 8. The normalized spacial score (nSPS) is 22.8. The van der Waals surface area contributed by atoms with Crippen molar-refractivity contribution < 1.29 is 14.1 Å². The molecule has 176 valence electrons. The van der Waals surface area contributed by atoms with E-state index in [1.165, 1.54) is 11.8 Å². The molecule has 2 aromatic carbocycles. The summed E-state index contributed by atoms with van der Waals surface area (Å²) in [4.78, 5) is 23.7. The Balaban J connectivity index is 1.40. The summed E-state index contributed by atoms with van der Waals surface area (Å²) in [5, 5.41) is 1.73. The van der Waals surface area contributed by atoms with E-state index in [-0.39, 0.29) is 21.1 Å². The lowest BCUT2D eigenvalue weighted by Gasteiger charge is -2.32. The van der Waals surface area contributed by atoms with E-state index in [0.717, 1.165) is 30.6 Å². The number of carbonyl (C=O) groups excluding carboxylic acids is 1. The van der Waals surface area contributed by atoms with Crippen LogP contribution in [0.5, 0.6) is 0 Å². The fraction of sp³-hybridized carbons (Fsp3) is 0.400. The van der Waals surface area contributed by atoms with Crippen LogP contribution in [0.1, 0.15) is 46.6 Å². The fourth-order valence-electron chi connectivity index (χ4n) is 3.86. The monoisotopic (exact) mass is 510 g/mol. The summed E-state index contributed by atoms with van der Waals surface area (Å²) >= 11 is 4.48. The molecule has 0 saturated carbocycles. The molecule has 5 nitrogen and oxygen atoms in total. The van der Waals surface area contributed by atoms with Gasteiger partial charge in [-0.15, -0.1) is 11.3 Å². The van der Waals surface area contributed by atoms with Crippen LogP contribution in [0.15, 0.2) is 58.4 Å². The number of thioether (sulfide) groups is 2. The van der Waals surface area contributed by atoms with Crippen molar-refractivity contribution in [2.75, 3.05) is 0 Å². The van der Waals surface area contributed by atoms with Crippen molar-refractivity contribution in [1.82, 2.24) is 4.98 Å². The molecule has 0 amide bonds. The van der Waals surface area contributed by atoms with Crippen LogP contribution in [0.4, 0.5) is 0 Å². The molecule has 1 saturated heterocycles. The number of carbonyl (C=O) groups is 1. The van der Waals surface area contributed by atoms with Crippen LogP contribution in [-0.2, 0) is 14.1 Å². The molecule has 1 unspecified atom stereocenters. The molecule has 0 bridgehead atoms. The lowest BCUT2D eigenvalue weighted by molar-refractivity contribution is -0.112. The molecular formula is C25H27BN2O3S3. The highest BCUT2D eigenvalue weighted by Crippen LogP contribution is 2.43. The van der Waals surface area contributed by atoms with Crippen LogP contribution in [-0.4, -0.2) is 44.3 Å². The summed E-state index contributed by atoms with van der Waals surface area (Å²) in [7, 11) is -0.408. The van der Waals surface area contributed by atoms with Gasteiger partial charge in [-0.2, -0.15) is 0 Å². The Kier molecular flexibility index (Phi) is 6.01. The average molecular weight is 511 g/mol. The first-order valence-electron chi connectivity index (χ1n) is 11.3. The third kappa shape index (κ3) is 4.37. The molecule has 1 fully saturated rings. The maximum absolute atomic E-state index is 13.1. The van der Waals surface area contributed by atoms with Crippen LogP contribution in [0.3, 0.4) is 0 Å². The molecule has 2 aliphatic heterocycles. The molecule has 3 heterocycles. The Labute approximate surface area is 213 Å². The second kappa shape index (κ2) is 8.48. The van der Waals surface area contributed by atoms with Crippen molar-refractivity contribution in [3.05, 3.63) is 53.5 Å². The van der Waals surface area contributed by atoms with Crippen LogP contribution in [0.25, 0.3) is 10.2 Å². The Bertz CT molecular complexity index is 1270. The second-order valence-corrected chi connectivity index (χ2v) is 13.9. The van der Waals surface area contributed by atoms with Gasteiger partial charge in [-0.1, -0.05) is 36.0 Å². The van der Waals surface area contributed by atoms with Crippen LogP contribution >= 0.6 is 34.9 Å². The molecule has 0 N–H and O–H groups in total. The van der Waals surface area contributed by atoms with Crippen LogP contribution < -0.4 is 5.46 Å². The first-order valence-corrected chi connectivity index (χ1v) is 13.7. The summed E-state index contributed by atoms with van der Waals surface area (Å²) in [5.74, 6) is 0. The topological polar surface area (TPSA) is 60.8 Å². The number of fused-ring (bicyclic) bond motifs is 1. The maximum Gasteiger partial charge on any atom is 0.494 e. The van der Waals surface area contributed by atoms with Gasteiger partial charge in [0.05, 0.1) is 21.4 Å². The van der Waals surface area contributed by atoms with E-state index in [2.05, 4.69) is 47.6 Å². The number of aliphatic imine (C=N–C) groups is 1. The highest BCUT2D eigenvalue weighted by molar-refractivity contribution is 8.17. The molecule has 2 aliphatic rings. The number of nitrogens with zero attached hydrogens (tertiary/aromatic N) is 2. The maximum atomic E-state index is 13.1. The van der Waals surface area contributed by atoms with E-state index >= 15 is 0 Å². The van der Waals surface area contributed by atoms with Crippen molar-refractivity contribution in [3.8, 4) is 0 Å². The van der Waals surface area contributed by atoms with E-state index < -0.39 is 13.2 Å². The van der Waals surface area contributed by atoms with Gasteiger partial charge in [0.1, 0.15) is 16.1 Å². The lowest BCUT2D eigenvalue weighted by Crippen LogP contribution is -2.41. The standard InChI is InChI=1S/C25H27BN2O3S3/c1-23(2)19(22(29)32-16-10-8-7-9-11-16)28-21(34-23)20-27-17-13-12-15(14-18(17)33-20)26-30-24(3,4)25(5,6)31-26/h7-14,19H,1-6H3. The van der Waals surface area contributed by atoms with Crippen molar-refractivity contribution in [2.24, 2.45) is 4.99 Å². The zero-order chi connectivity index (χ0) is 24.3. The van der Waals surface area contributed by atoms with Gasteiger partial charge in [-0.25, -0.2) is 4.98 Å². The van der Waals surface area contributed by atoms with Gasteiger partial charge >= 0.3 is 7.12 Å². The van der Waals surface area contributed by atoms with Gasteiger partial charge in [0, 0.05) is 9.64 Å². The summed E-state index contributed by atoms with van der Waals surface area (Å²) in [6, 6.07) is 15.4. The first-order chi connectivity index (χ1) is 16.0. The number of hydrogen-bond donors (Lipinski definition) is 0. The Morgan fingerprint density at radius 2 is 1.68 bits per heavy atom. The van der Waals surface area contributed by atoms with E-state index in [1.807, 2.05) is 42.5 Å². The van der Waals surface area contributed by atoms with Crippen LogP contribution in [0, 0.1) is 0 Å². The number of rotatable bonds is 4. The summed E-state index contributed by atoms with van der Waals surface area (Å²) in [5.41, 5.74) is 1.13. The zero-order valence-electron chi connectivity index (χ0n) is 20.1. The van der Waals surface area contributed by atoms with Crippen molar-refractivity contribution in [3.63, 3.8) is 0 Å². The number of benzene rings is 2. The highest BCUT2D eigenvalue weighted by Gasteiger charge is 2.51. The minimum atomic E-state index is -0.426. The molecular weight excluding hydrogens is 483 g/mol. The second-order valence-electron chi connectivity index (χ2n) is 10.1. The van der Waals surface area contributed by atoms with E-state index in [0.29, 0.717) is 0 Å². The third-order valence-electron chi connectivity index (χ3n) is 6.57. The molecule has 3 aromatic rings. The minimum absolute atomic E-state index is 0.0582. The fourth-order valence-corrected chi connectivity index (χ4v) is 7.13. The Hall–Kier alpha value is -1.65. The lowest BCUT2D eigenvalue weighted by atomic mass is 9.79. The molecule has 1 atom stereocenters. The van der Waals surface area contributed by atoms with Crippen molar-refractivity contribution in [2.45, 2.75) is 68.4 Å². The number of thiazole rings is 1. The molecule has 34 heavy (non-hydrogen) atoms. The molecule has 0 aliphatic carbocycles. The largest absolute Gasteiger partial charge is 0.494 e. The first kappa shape index (κ1) is 24.1. The smallest absolute Gasteiger partial charge is 0.399 e. The van der Waals surface area contributed by atoms with Crippen molar-refractivity contribution in [1.29, 1.82) is 0 Å². The third-order valence-corrected chi connectivity index (χ3v) is 9.90. The Morgan fingerprint density at radius 3 is 2.35 bits per heavy atom. The van der Waals surface area contributed by atoms with Gasteiger partial charge in [0.2, 0.25) is 5.12 Å². The van der Waals surface area contributed by atoms with E-state index in [4.69, 9.17) is 19.3 Å². The highest BCUT2D eigenvalue weighted by atomic mass is 32.2. The number of aromatic nitrogens is 1. The van der Waals surface area contributed by atoms with Gasteiger partial charge < -0.3 is 9.31 Å². The Morgan fingerprint density at radius 1 is 1.00 bits per heavy atom. The SMILES string of the molecule is CC1(C)SC(c2nc3ccc(B4OC(C)(C)C(C)(C)O4)cc3s2)=NC1C(=O)Sc1ccccc1. The minimum Gasteiger partial charge on any atom is -0.399 e. The predicted molar refractivity (Wildman–Crippen MR) is 145 cm³/mol. The van der Waals surface area contributed by atoms with E-state index in [9.17, 15) is 4.79 Å². The van der Waals surface area contributed by atoms with E-state index in [1.54, 1.807) is 23.1 Å². The van der Waals surface area contributed by atoms with Gasteiger partial charge in [-0.05, 0) is 83.0 Å². The molecule has 1 aromatic heterocycles. The van der Waals surface area contributed by atoms with Crippen molar-refractivity contribution >= 4 is 67.8 Å². The molecule has 9 heteroatoms. The summed E-state index contributed by atoms with van der Waals surface area (Å²) in [6.07, 6.45) is 0.